The highest BCUT2D eigenvalue weighted by Crippen LogP contribution is 2.21. The van der Waals surface area contributed by atoms with Gasteiger partial charge in [-0.2, -0.15) is 0 Å². The molecular weight excluding hydrogens is 304 g/mol. The lowest BCUT2D eigenvalue weighted by molar-refractivity contribution is 0.446. The molecule has 0 radical (unpaired) electrons. The Morgan fingerprint density at radius 2 is 1.90 bits per heavy atom. The van der Waals surface area contributed by atoms with Crippen LogP contribution < -0.4 is 10.0 Å². The first-order valence-electron chi connectivity index (χ1n) is 7.57. The molecule has 0 saturated carbocycles. The molecule has 4 nitrogen and oxygen atoms in total. The van der Waals surface area contributed by atoms with Crippen LogP contribution in [0, 0.1) is 5.92 Å². The Labute approximate surface area is 133 Å². The van der Waals surface area contributed by atoms with E-state index in [-0.39, 0.29) is 6.04 Å². The first-order chi connectivity index (χ1) is 9.74. The van der Waals surface area contributed by atoms with E-state index in [9.17, 15) is 8.42 Å². The molecule has 0 bridgehead atoms. The van der Waals surface area contributed by atoms with Crippen LogP contribution in [-0.4, -0.2) is 20.5 Å². The van der Waals surface area contributed by atoms with Gasteiger partial charge in [0.2, 0.25) is 10.0 Å². The lowest BCUT2D eigenvalue weighted by Gasteiger charge is -2.16. The van der Waals surface area contributed by atoms with Crippen LogP contribution in [0.5, 0.6) is 0 Å². The SMILES string of the molecule is CCC(C)CC(C)NS(=O)(=O)c1cc(CNC(C)C)cs1. The average Bonchev–Trinajstić information content (AvgIpc) is 2.84. The van der Waals surface area contributed by atoms with Gasteiger partial charge in [0.25, 0.3) is 0 Å². The minimum atomic E-state index is -3.39. The van der Waals surface area contributed by atoms with Crippen molar-refractivity contribution in [2.45, 2.75) is 70.3 Å². The highest BCUT2D eigenvalue weighted by Gasteiger charge is 2.20. The molecule has 0 aliphatic heterocycles. The summed E-state index contributed by atoms with van der Waals surface area (Å²) in [5.74, 6) is 0.525. The van der Waals surface area contributed by atoms with Gasteiger partial charge >= 0.3 is 0 Å². The van der Waals surface area contributed by atoms with E-state index in [0.29, 0.717) is 22.7 Å². The number of hydrogen-bond acceptors (Lipinski definition) is 4. The molecule has 0 fully saturated rings. The second kappa shape index (κ2) is 8.27. The fourth-order valence-electron chi connectivity index (χ4n) is 2.05. The Balaban J connectivity index is 2.66. The Morgan fingerprint density at radius 1 is 1.24 bits per heavy atom. The molecule has 0 aliphatic rings. The summed E-state index contributed by atoms with van der Waals surface area (Å²) in [6, 6.07) is 2.11. The normalized spacial score (nSPS) is 15.3. The van der Waals surface area contributed by atoms with Gasteiger partial charge in [-0.3, -0.25) is 0 Å². The molecule has 1 aromatic heterocycles. The third-order valence-corrected chi connectivity index (χ3v) is 6.50. The summed E-state index contributed by atoms with van der Waals surface area (Å²) in [5, 5.41) is 5.20. The van der Waals surface area contributed by atoms with Crippen LogP contribution >= 0.6 is 11.3 Å². The van der Waals surface area contributed by atoms with Gasteiger partial charge in [-0.15, -0.1) is 11.3 Å². The molecule has 0 amide bonds. The van der Waals surface area contributed by atoms with Crippen LogP contribution in [0.2, 0.25) is 0 Å². The molecule has 21 heavy (non-hydrogen) atoms. The molecular formula is C15H28N2O2S2. The number of rotatable bonds is 9. The summed E-state index contributed by atoms with van der Waals surface area (Å²) < 4.78 is 27.9. The van der Waals surface area contributed by atoms with Gasteiger partial charge in [0.1, 0.15) is 4.21 Å². The summed E-state index contributed by atoms with van der Waals surface area (Å²) in [4.78, 5) is 0. The number of hydrogen-bond donors (Lipinski definition) is 2. The molecule has 122 valence electrons. The summed E-state index contributed by atoms with van der Waals surface area (Å²) in [6.07, 6.45) is 1.93. The zero-order valence-corrected chi connectivity index (χ0v) is 15.3. The van der Waals surface area contributed by atoms with Gasteiger partial charge < -0.3 is 5.32 Å². The maximum absolute atomic E-state index is 12.3. The van der Waals surface area contributed by atoms with Crippen molar-refractivity contribution >= 4 is 21.4 Å². The van der Waals surface area contributed by atoms with E-state index in [4.69, 9.17) is 0 Å². The lowest BCUT2D eigenvalue weighted by atomic mass is 10.0. The van der Waals surface area contributed by atoms with Crippen molar-refractivity contribution in [3.63, 3.8) is 0 Å². The molecule has 0 aromatic carbocycles. The van der Waals surface area contributed by atoms with Crippen molar-refractivity contribution in [3.8, 4) is 0 Å². The third-order valence-electron chi connectivity index (χ3n) is 3.42. The Morgan fingerprint density at radius 3 is 2.48 bits per heavy atom. The van der Waals surface area contributed by atoms with Gasteiger partial charge in [0.15, 0.2) is 0 Å². The molecule has 1 heterocycles. The molecule has 0 aliphatic carbocycles. The van der Waals surface area contributed by atoms with E-state index in [2.05, 4.69) is 37.7 Å². The van der Waals surface area contributed by atoms with Crippen molar-refractivity contribution in [2.24, 2.45) is 5.92 Å². The van der Waals surface area contributed by atoms with Gasteiger partial charge in [0, 0.05) is 18.6 Å². The van der Waals surface area contributed by atoms with Crippen molar-refractivity contribution in [3.05, 3.63) is 17.0 Å². The molecule has 2 atom stereocenters. The van der Waals surface area contributed by atoms with E-state index in [1.807, 2.05) is 12.3 Å². The Bertz CT molecular complexity index is 524. The molecule has 1 aromatic rings. The quantitative estimate of drug-likeness (QED) is 0.729. The van der Waals surface area contributed by atoms with Gasteiger partial charge in [0.05, 0.1) is 0 Å². The van der Waals surface area contributed by atoms with Crippen molar-refractivity contribution in [1.82, 2.24) is 10.0 Å². The number of thiophene rings is 1. The van der Waals surface area contributed by atoms with Crippen LogP contribution in [0.15, 0.2) is 15.7 Å². The van der Waals surface area contributed by atoms with Crippen LogP contribution in [0.4, 0.5) is 0 Å². The lowest BCUT2D eigenvalue weighted by Crippen LogP contribution is -2.33. The fourth-order valence-corrected chi connectivity index (χ4v) is 4.53. The third kappa shape index (κ3) is 6.46. The van der Waals surface area contributed by atoms with E-state index < -0.39 is 10.0 Å². The first-order valence-corrected chi connectivity index (χ1v) is 9.94. The second-order valence-electron chi connectivity index (χ2n) is 6.08. The molecule has 2 N–H and O–H groups in total. The standard InChI is InChI=1S/C15H28N2O2S2/c1-6-12(4)7-13(5)17-21(18,19)15-8-14(10-20-15)9-16-11(2)3/h8,10-13,16-17H,6-7,9H2,1-5H3. The topological polar surface area (TPSA) is 58.2 Å². The van der Waals surface area contributed by atoms with E-state index in [1.165, 1.54) is 11.3 Å². The predicted molar refractivity (Wildman–Crippen MR) is 90.2 cm³/mol. The molecule has 0 spiro atoms. The summed E-state index contributed by atoms with van der Waals surface area (Å²) in [5.41, 5.74) is 1.02. The van der Waals surface area contributed by atoms with Crippen molar-refractivity contribution in [2.75, 3.05) is 0 Å². The smallest absolute Gasteiger partial charge is 0.250 e. The Kier molecular flexibility index (Phi) is 7.33. The van der Waals surface area contributed by atoms with Gasteiger partial charge in [-0.1, -0.05) is 34.1 Å². The summed E-state index contributed by atoms with van der Waals surface area (Å²) in [6.45, 7) is 11.0. The minimum absolute atomic E-state index is 0.0377. The zero-order valence-electron chi connectivity index (χ0n) is 13.6. The molecule has 6 heteroatoms. The van der Waals surface area contributed by atoms with Crippen LogP contribution in [0.3, 0.4) is 0 Å². The van der Waals surface area contributed by atoms with E-state index >= 15 is 0 Å². The summed E-state index contributed by atoms with van der Waals surface area (Å²) >= 11 is 1.28. The number of nitrogens with one attached hydrogen (secondary N) is 2. The van der Waals surface area contributed by atoms with Crippen LogP contribution in [-0.2, 0) is 16.6 Å². The maximum Gasteiger partial charge on any atom is 0.250 e. The molecule has 0 saturated heterocycles. The summed E-state index contributed by atoms with van der Waals surface area (Å²) in [7, 11) is -3.39. The maximum atomic E-state index is 12.3. The highest BCUT2D eigenvalue weighted by atomic mass is 32.2. The number of sulfonamides is 1. The predicted octanol–water partition coefficient (Wildman–Crippen LogP) is 3.35. The second-order valence-corrected chi connectivity index (χ2v) is 8.93. The Hall–Kier alpha value is -0.430. The average molecular weight is 333 g/mol. The molecule has 1 rings (SSSR count). The van der Waals surface area contributed by atoms with Crippen molar-refractivity contribution < 1.29 is 8.42 Å². The van der Waals surface area contributed by atoms with Gasteiger partial charge in [-0.25, -0.2) is 13.1 Å². The van der Waals surface area contributed by atoms with Gasteiger partial charge in [-0.05, 0) is 36.3 Å². The fraction of sp³-hybridized carbons (Fsp3) is 0.733. The first kappa shape index (κ1) is 18.6. The van der Waals surface area contributed by atoms with Crippen molar-refractivity contribution in [1.29, 1.82) is 0 Å². The van der Waals surface area contributed by atoms with E-state index in [0.717, 1.165) is 18.4 Å². The molecule has 2 unspecified atom stereocenters. The minimum Gasteiger partial charge on any atom is -0.310 e. The van der Waals surface area contributed by atoms with E-state index in [1.54, 1.807) is 6.07 Å². The monoisotopic (exact) mass is 332 g/mol. The highest BCUT2D eigenvalue weighted by molar-refractivity contribution is 7.91. The zero-order chi connectivity index (χ0) is 16.0. The van der Waals surface area contributed by atoms with Crippen LogP contribution in [0.1, 0.15) is 53.0 Å². The van der Waals surface area contributed by atoms with Crippen LogP contribution in [0.25, 0.3) is 0 Å². The largest absolute Gasteiger partial charge is 0.310 e.